The minimum absolute atomic E-state index is 0.0827. The molecule has 120 valence electrons. The maximum Gasteiger partial charge on any atom is 0.317 e. The second-order valence-electron chi connectivity index (χ2n) is 4.98. The Labute approximate surface area is 130 Å². The van der Waals surface area contributed by atoms with Gasteiger partial charge in [0, 0.05) is 0 Å². The predicted molar refractivity (Wildman–Crippen MR) is 83.9 cm³/mol. The molecular formula is C17H22O5. The molecule has 0 heterocycles. The molecular weight excluding hydrogens is 284 g/mol. The molecule has 2 N–H and O–H groups in total. The largest absolute Gasteiger partial charge is 0.494 e. The average Bonchev–Trinajstić information content (AvgIpc) is 2.48. The fraction of sp³-hybridized carbons (Fsp3) is 0.412. The molecule has 0 atom stereocenters. The normalized spacial score (nSPS) is 11.0. The summed E-state index contributed by atoms with van der Waals surface area (Å²) in [6.07, 6.45) is 6.23. The van der Waals surface area contributed by atoms with Crippen molar-refractivity contribution in [1.29, 1.82) is 0 Å². The molecule has 0 spiro atoms. The van der Waals surface area contributed by atoms with Gasteiger partial charge in [0.15, 0.2) is 5.92 Å². The van der Waals surface area contributed by atoms with Gasteiger partial charge in [-0.1, -0.05) is 37.6 Å². The van der Waals surface area contributed by atoms with Crippen LogP contribution >= 0.6 is 0 Å². The highest BCUT2D eigenvalue weighted by Crippen LogP contribution is 2.15. The third kappa shape index (κ3) is 6.43. The van der Waals surface area contributed by atoms with Crippen LogP contribution in [0.3, 0.4) is 0 Å². The molecule has 0 saturated heterocycles. The Morgan fingerprint density at radius 3 is 2.36 bits per heavy atom. The molecule has 0 saturated carbocycles. The van der Waals surface area contributed by atoms with E-state index in [1.54, 1.807) is 6.08 Å². The van der Waals surface area contributed by atoms with Crippen molar-refractivity contribution < 1.29 is 24.5 Å². The van der Waals surface area contributed by atoms with Crippen molar-refractivity contribution in [2.45, 2.75) is 32.6 Å². The van der Waals surface area contributed by atoms with Gasteiger partial charge in [0.1, 0.15) is 5.75 Å². The van der Waals surface area contributed by atoms with Crippen molar-refractivity contribution in [3.8, 4) is 5.75 Å². The quantitative estimate of drug-likeness (QED) is 0.511. The minimum Gasteiger partial charge on any atom is -0.494 e. The highest BCUT2D eigenvalue weighted by molar-refractivity contribution is 5.92. The van der Waals surface area contributed by atoms with Crippen molar-refractivity contribution in [3.63, 3.8) is 0 Å². The lowest BCUT2D eigenvalue weighted by Gasteiger charge is -2.05. The molecule has 22 heavy (non-hydrogen) atoms. The Bertz CT molecular complexity index is 490. The number of unbranched alkanes of at least 4 members (excludes halogenated alkanes) is 1. The van der Waals surface area contributed by atoms with E-state index >= 15 is 0 Å². The van der Waals surface area contributed by atoms with Gasteiger partial charge >= 0.3 is 11.9 Å². The summed E-state index contributed by atoms with van der Waals surface area (Å²) in [7, 11) is 0. The maximum atomic E-state index is 10.7. The SMILES string of the molecule is CCCCOc1ccc(C=CCCC(C(=O)O)C(=O)O)cc1. The van der Waals surface area contributed by atoms with Gasteiger partial charge in [-0.05, 0) is 37.0 Å². The van der Waals surface area contributed by atoms with Crippen LogP contribution in [0.5, 0.6) is 5.75 Å². The number of rotatable bonds is 10. The van der Waals surface area contributed by atoms with Crippen molar-refractivity contribution in [2.24, 2.45) is 5.92 Å². The van der Waals surface area contributed by atoms with E-state index in [9.17, 15) is 9.59 Å². The molecule has 0 amide bonds. The Balaban J connectivity index is 2.43. The van der Waals surface area contributed by atoms with Crippen LogP contribution in [-0.4, -0.2) is 28.8 Å². The van der Waals surface area contributed by atoms with Gasteiger partial charge < -0.3 is 14.9 Å². The first kappa shape index (κ1) is 17.8. The summed E-state index contributed by atoms with van der Waals surface area (Å²) in [5.41, 5.74) is 0.963. The summed E-state index contributed by atoms with van der Waals surface area (Å²) in [6.45, 7) is 2.81. The van der Waals surface area contributed by atoms with Gasteiger partial charge in [0.2, 0.25) is 0 Å². The fourth-order valence-corrected chi connectivity index (χ4v) is 1.84. The van der Waals surface area contributed by atoms with Gasteiger partial charge in [-0.25, -0.2) is 0 Å². The van der Waals surface area contributed by atoms with E-state index in [-0.39, 0.29) is 6.42 Å². The lowest BCUT2D eigenvalue weighted by Crippen LogP contribution is -2.22. The number of carbonyl (C=O) groups is 2. The number of aliphatic carboxylic acids is 2. The standard InChI is InChI=1S/C17H22O5/c1-2-3-12-22-14-10-8-13(9-11-14)6-4-5-7-15(16(18)19)17(20)21/h4,6,8-11,15H,2-3,5,7,12H2,1H3,(H,18,19)(H,20,21). The number of carboxylic acids is 2. The van der Waals surface area contributed by atoms with E-state index in [4.69, 9.17) is 14.9 Å². The van der Waals surface area contributed by atoms with Crippen LogP contribution in [0.1, 0.15) is 38.2 Å². The van der Waals surface area contributed by atoms with Gasteiger partial charge in [-0.15, -0.1) is 0 Å². The Morgan fingerprint density at radius 1 is 1.18 bits per heavy atom. The van der Waals surface area contributed by atoms with Gasteiger partial charge in [0.25, 0.3) is 0 Å². The van der Waals surface area contributed by atoms with Crippen LogP contribution in [0.4, 0.5) is 0 Å². The average molecular weight is 306 g/mol. The molecule has 0 radical (unpaired) electrons. The van der Waals surface area contributed by atoms with Gasteiger partial charge in [-0.3, -0.25) is 9.59 Å². The molecule has 0 aliphatic rings. The topological polar surface area (TPSA) is 83.8 Å². The molecule has 1 aromatic carbocycles. The monoisotopic (exact) mass is 306 g/mol. The summed E-state index contributed by atoms with van der Waals surface area (Å²) in [5.74, 6) is -3.12. The molecule has 1 rings (SSSR count). The lowest BCUT2D eigenvalue weighted by molar-refractivity contribution is -0.154. The smallest absolute Gasteiger partial charge is 0.317 e. The molecule has 0 aliphatic heterocycles. The molecule has 5 heteroatoms. The molecule has 5 nitrogen and oxygen atoms in total. The van der Waals surface area contributed by atoms with Crippen LogP contribution in [-0.2, 0) is 9.59 Å². The second kappa shape index (κ2) is 9.60. The Kier molecular flexibility index (Phi) is 7.75. The third-order valence-corrected chi connectivity index (χ3v) is 3.18. The summed E-state index contributed by atoms with van der Waals surface area (Å²) in [4.78, 5) is 21.5. The number of allylic oxidation sites excluding steroid dienone is 1. The number of hydrogen-bond donors (Lipinski definition) is 2. The first-order valence-corrected chi connectivity index (χ1v) is 7.39. The first-order chi connectivity index (χ1) is 10.5. The van der Waals surface area contributed by atoms with Crippen LogP contribution in [0, 0.1) is 5.92 Å². The van der Waals surface area contributed by atoms with Crippen LogP contribution < -0.4 is 4.74 Å². The zero-order valence-corrected chi connectivity index (χ0v) is 12.7. The fourth-order valence-electron chi connectivity index (χ4n) is 1.84. The number of hydrogen-bond acceptors (Lipinski definition) is 3. The molecule has 0 unspecified atom stereocenters. The maximum absolute atomic E-state index is 10.7. The van der Waals surface area contributed by atoms with Crippen LogP contribution in [0.25, 0.3) is 6.08 Å². The summed E-state index contributed by atoms with van der Waals surface area (Å²) in [6, 6.07) is 7.58. The van der Waals surface area contributed by atoms with Crippen LogP contribution in [0.2, 0.25) is 0 Å². The van der Waals surface area contributed by atoms with E-state index in [2.05, 4.69) is 6.92 Å². The summed E-state index contributed by atoms with van der Waals surface area (Å²) < 4.78 is 5.56. The van der Waals surface area contributed by atoms with E-state index < -0.39 is 17.9 Å². The van der Waals surface area contributed by atoms with Crippen molar-refractivity contribution in [3.05, 3.63) is 35.9 Å². The molecule has 0 aliphatic carbocycles. The highest BCUT2D eigenvalue weighted by atomic mass is 16.5. The van der Waals surface area contributed by atoms with E-state index in [0.29, 0.717) is 13.0 Å². The molecule has 0 bridgehead atoms. The summed E-state index contributed by atoms with van der Waals surface area (Å²) >= 11 is 0. The van der Waals surface area contributed by atoms with E-state index in [0.717, 1.165) is 24.2 Å². The Morgan fingerprint density at radius 2 is 1.82 bits per heavy atom. The number of benzene rings is 1. The zero-order chi connectivity index (χ0) is 16.4. The summed E-state index contributed by atoms with van der Waals surface area (Å²) in [5, 5.41) is 17.5. The molecule has 0 fully saturated rings. The van der Waals surface area contributed by atoms with Crippen LogP contribution in [0.15, 0.2) is 30.3 Å². The van der Waals surface area contributed by atoms with E-state index in [1.165, 1.54) is 0 Å². The molecule has 1 aromatic rings. The van der Waals surface area contributed by atoms with Crippen molar-refractivity contribution in [2.75, 3.05) is 6.61 Å². The van der Waals surface area contributed by atoms with E-state index in [1.807, 2.05) is 30.3 Å². The first-order valence-electron chi connectivity index (χ1n) is 7.39. The third-order valence-electron chi connectivity index (χ3n) is 3.18. The number of ether oxygens (including phenoxy) is 1. The zero-order valence-electron chi connectivity index (χ0n) is 12.7. The van der Waals surface area contributed by atoms with Gasteiger partial charge in [-0.2, -0.15) is 0 Å². The number of carboxylic acid groups (broad SMARTS) is 2. The minimum atomic E-state index is -1.35. The second-order valence-corrected chi connectivity index (χ2v) is 4.98. The Hall–Kier alpha value is -2.30. The van der Waals surface area contributed by atoms with Gasteiger partial charge in [0.05, 0.1) is 6.61 Å². The lowest BCUT2D eigenvalue weighted by atomic mass is 10.0. The van der Waals surface area contributed by atoms with Crippen molar-refractivity contribution >= 4 is 18.0 Å². The van der Waals surface area contributed by atoms with Crippen molar-refractivity contribution in [1.82, 2.24) is 0 Å². The highest BCUT2D eigenvalue weighted by Gasteiger charge is 2.24. The predicted octanol–water partition coefficient (Wildman–Crippen LogP) is 3.44. The molecule has 0 aromatic heterocycles.